The molecule has 19 heavy (non-hydrogen) atoms. The van der Waals surface area contributed by atoms with E-state index in [1.807, 2.05) is 13.8 Å². The maximum atomic E-state index is 11.8. The quantitative estimate of drug-likeness (QED) is 0.820. The van der Waals surface area contributed by atoms with Crippen molar-refractivity contribution in [1.82, 2.24) is 15.3 Å². The van der Waals surface area contributed by atoms with Crippen LogP contribution in [0.2, 0.25) is 0 Å². The molecule has 0 aliphatic carbocycles. The fourth-order valence-electron chi connectivity index (χ4n) is 1.80. The standard InChI is InChI=1S/C14H24N4O/c1-5-7-18(8-6-2)14-15-9-12(10-16-14)13(19)17-11(3)4/h9-11H,5-8H2,1-4H3,(H,17,19). The van der Waals surface area contributed by atoms with Gasteiger partial charge in [-0.05, 0) is 26.7 Å². The first kappa shape index (κ1) is 15.4. The average Bonchev–Trinajstić information content (AvgIpc) is 2.38. The predicted octanol–water partition coefficient (Wildman–Crippen LogP) is 2.24. The van der Waals surface area contributed by atoms with Crippen molar-refractivity contribution in [2.75, 3.05) is 18.0 Å². The Morgan fingerprint density at radius 1 is 1.21 bits per heavy atom. The third-order valence-electron chi connectivity index (χ3n) is 2.59. The summed E-state index contributed by atoms with van der Waals surface area (Å²) in [6, 6.07) is 0.115. The van der Waals surface area contributed by atoms with Gasteiger partial charge in [0.2, 0.25) is 5.95 Å². The van der Waals surface area contributed by atoms with E-state index in [0.29, 0.717) is 11.5 Å². The van der Waals surface area contributed by atoms with Crippen molar-refractivity contribution >= 4 is 11.9 Å². The van der Waals surface area contributed by atoms with Crippen molar-refractivity contribution in [1.29, 1.82) is 0 Å². The van der Waals surface area contributed by atoms with Crippen LogP contribution in [0.5, 0.6) is 0 Å². The Hall–Kier alpha value is -1.65. The SMILES string of the molecule is CCCN(CCC)c1ncc(C(=O)NC(C)C)cn1. The molecule has 1 heterocycles. The van der Waals surface area contributed by atoms with Crippen LogP contribution in [0.15, 0.2) is 12.4 Å². The zero-order valence-corrected chi connectivity index (χ0v) is 12.3. The highest BCUT2D eigenvalue weighted by atomic mass is 16.1. The molecule has 0 bridgehead atoms. The molecule has 1 aromatic heterocycles. The second-order valence-corrected chi connectivity index (χ2v) is 4.89. The largest absolute Gasteiger partial charge is 0.350 e. The van der Waals surface area contributed by atoms with Crippen LogP contribution in [0.1, 0.15) is 50.9 Å². The van der Waals surface area contributed by atoms with Crippen LogP contribution in [0.4, 0.5) is 5.95 Å². The second-order valence-electron chi connectivity index (χ2n) is 4.89. The first-order chi connectivity index (χ1) is 9.08. The Morgan fingerprint density at radius 2 is 1.74 bits per heavy atom. The van der Waals surface area contributed by atoms with Gasteiger partial charge in [-0.15, -0.1) is 0 Å². The molecule has 0 unspecified atom stereocenters. The lowest BCUT2D eigenvalue weighted by Gasteiger charge is -2.21. The van der Waals surface area contributed by atoms with Gasteiger partial charge in [0.25, 0.3) is 5.91 Å². The van der Waals surface area contributed by atoms with E-state index < -0.39 is 0 Å². The summed E-state index contributed by atoms with van der Waals surface area (Å²) >= 11 is 0. The fraction of sp³-hybridized carbons (Fsp3) is 0.643. The number of anilines is 1. The summed E-state index contributed by atoms with van der Waals surface area (Å²) < 4.78 is 0. The van der Waals surface area contributed by atoms with E-state index in [1.165, 1.54) is 0 Å². The zero-order chi connectivity index (χ0) is 14.3. The molecule has 0 saturated heterocycles. The lowest BCUT2D eigenvalue weighted by Crippen LogP contribution is -2.31. The molecule has 0 radical (unpaired) electrons. The van der Waals surface area contributed by atoms with E-state index >= 15 is 0 Å². The molecule has 1 rings (SSSR count). The smallest absolute Gasteiger partial charge is 0.254 e. The number of amides is 1. The van der Waals surface area contributed by atoms with Crippen LogP contribution >= 0.6 is 0 Å². The van der Waals surface area contributed by atoms with E-state index in [0.717, 1.165) is 25.9 Å². The van der Waals surface area contributed by atoms with Crippen molar-refractivity contribution < 1.29 is 4.79 Å². The third kappa shape index (κ3) is 4.85. The molecule has 0 atom stereocenters. The van der Waals surface area contributed by atoms with Crippen molar-refractivity contribution in [2.45, 2.75) is 46.6 Å². The molecule has 5 nitrogen and oxygen atoms in total. The van der Waals surface area contributed by atoms with Gasteiger partial charge in [-0.2, -0.15) is 0 Å². The van der Waals surface area contributed by atoms with Gasteiger partial charge in [0.1, 0.15) is 0 Å². The van der Waals surface area contributed by atoms with E-state index in [9.17, 15) is 4.79 Å². The Labute approximate surface area is 115 Å². The lowest BCUT2D eigenvalue weighted by atomic mass is 10.3. The third-order valence-corrected chi connectivity index (χ3v) is 2.59. The van der Waals surface area contributed by atoms with E-state index in [1.54, 1.807) is 12.4 Å². The Bertz CT molecular complexity index is 383. The molecule has 1 N–H and O–H groups in total. The molecule has 0 saturated carbocycles. The van der Waals surface area contributed by atoms with Crippen LogP contribution in [0, 0.1) is 0 Å². The Kier molecular flexibility index (Phi) is 6.25. The van der Waals surface area contributed by atoms with Gasteiger partial charge < -0.3 is 10.2 Å². The molecule has 1 amide bonds. The molecule has 0 aromatic carbocycles. The number of hydrogen-bond donors (Lipinski definition) is 1. The minimum atomic E-state index is -0.126. The molecule has 0 spiro atoms. The molecule has 5 heteroatoms. The van der Waals surface area contributed by atoms with Crippen LogP contribution in [-0.4, -0.2) is 35.0 Å². The van der Waals surface area contributed by atoms with Crippen LogP contribution < -0.4 is 10.2 Å². The fourth-order valence-corrected chi connectivity index (χ4v) is 1.80. The molecule has 106 valence electrons. The van der Waals surface area contributed by atoms with Crippen LogP contribution in [0.3, 0.4) is 0 Å². The average molecular weight is 264 g/mol. The topological polar surface area (TPSA) is 58.1 Å². The maximum Gasteiger partial charge on any atom is 0.254 e. The van der Waals surface area contributed by atoms with Gasteiger partial charge in [0.05, 0.1) is 5.56 Å². The van der Waals surface area contributed by atoms with Crippen LogP contribution in [0.25, 0.3) is 0 Å². The molecule has 0 fully saturated rings. The van der Waals surface area contributed by atoms with E-state index in [4.69, 9.17) is 0 Å². The first-order valence-corrected chi connectivity index (χ1v) is 6.96. The Balaban J connectivity index is 2.76. The molecule has 0 aliphatic rings. The molecular weight excluding hydrogens is 240 g/mol. The van der Waals surface area contributed by atoms with E-state index in [2.05, 4.69) is 34.0 Å². The minimum absolute atomic E-state index is 0.115. The van der Waals surface area contributed by atoms with Crippen molar-refractivity contribution in [2.24, 2.45) is 0 Å². The number of carbonyl (C=O) groups is 1. The first-order valence-electron chi connectivity index (χ1n) is 6.96. The predicted molar refractivity (Wildman–Crippen MR) is 77.4 cm³/mol. The zero-order valence-electron chi connectivity index (χ0n) is 12.3. The second kappa shape index (κ2) is 7.71. The van der Waals surface area contributed by atoms with Gasteiger partial charge in [-0.25, -0.2) is 9.97 Å². The monoisotopic (exact) mass is 264 g/mol. The summed E-state index contributed by atoms with van der Waals surface area (Å²) in [5.41, 5.74) is 0.505. The minimum Gasteiger partial charge on any atom is -0.350 e. The number of nitrogens with one attached hydrogen (secondary N) is 1. The highest BCUT2D eigenvalue weighted by molar-refractivity contribution is 5.93. The van der Waals surface area contributed by atoms with Gasteiger partial charge in [0.15, 0.2) is 0 Å². The highest BCUT2D eigenvalue weighted by Crippen LogP contribution is 2.08. The summed E-state index contributed by atoms with van der Waals surface area (Å²) in [5, 5.41) is 2.83. The summed E-state index contributed by atoms with van der Waals surface area (Å²) in [6.07, 6.45) is 5.30. The summed E-state index contributed by atoms with van der Waals surface area (Å²) in [7, 11) is 0. The summed E-state index contributed by atoms with van der Waals surface area (Å²) in [6.45, 7) is 9.99. The van der Waals surface area contributed by atoms with E-state index in [-0.39, 0.29) is 11.9 Å². The number of rotatable bonds is 7. The molecule has 0 aliphatic heterocycles. The summed E-state index contributed by atoms with van der Waals surface area (Å²) in [4.78, 5) is 22.5. The highest BCUT2D eigenvalue weighted by Gasteiger charge is 2.11. The van der Waals surface area contributed by atoms with Crippen LogP contribution in [-0.2, 0) is 0 Å². The van der Waals surface area contributed by atoms with Gasteiger partial charge in [-0.1, -0.05) is 13.8 Å². The molecular formula is C14H24N4O. The normalized spacial score (nSPS) is 10.6. The maximum absolute atomic E-state index is 11.8. The summed E-state index contributed by atoms with van der Waals surface area (Å²) in [5.74, 6) is 0.573. The number of hydrogen-bond acceptors (Lipinski definition) is 4. The van der Waals surface area contributed by atoms with Gasteiger partial charge in [-0.3, -0.25) is 4.79 Å². The Morgan fingerprint density at radius 3 is 2.16 bits per heavy atom. The van der Waals surface area contributed by atoms with Crippen molar-refractivity contribution in [3.05, 3.63) is 18.0 Å². The van der Waals surface area contributed by atoms with Gasteiger partial charge in [0, 0.05) is 31.5 Å². The van der Waals surface area contributed by atoms with Crippen molar-refractivity contribution in [3.8, 4) is 0 Å². The number of aromatic nitrogens is 2. The van der Waals surface area contributed by atoms with Crippen molar-refractivity contribution in [3.63, 3.8) is 0 Å². The molecule has 1 aromatic rings. The number of carbonyl (C=O) groups excluding carboxylic acids is 1. The lowest BCUT2D eigenvalue weighted by molar-refractivity contribution is 0.0942. The number of nitrogens with zero attached hydrogens (tertiary/aromatic N) is 3. The van der Waals surface area contributed by atoms with Gasteiger partial charge >= 0.3 is 0 Å².